The van der Waals surface area contributed by atoms with Gasteiger partial charge in [-0.05, 0) is 43.5 Å². The first-order valence-electron chi connectivity index (χ1n) is 7.03. The van der Waals surface area contributed by atoms with E-state index in [1.807, 2.05) is 13.8 Å². The first-order valence-corrected chi connectivity index (χ1v) is 7.03. The van der Waals surface area contributed by atoms with Gasteiger partial charge >= 0.3 is 12.1 Å². The number of esters is 1. The molecule has 0 radical (unpaired) electrons. The van der Waals surface area contributed by atoms with Crippen LogP contribution in [0.4, 0.5) is 13.2 Å². The fourth-order valence-corrected chi connectivity index (χ4v) is 2.44. The second-order valence-electron chi connectivity index (χ2n) is 5.06. The highest BCUT2D eigenvalue weighted by molar-refractivity contribution is 5.96. The Morgan fingerprint density at radius 3 is 2.55 bits per heavy atom. The summed E-state index contributed by atoms with van der Waals surface area (Å²) in [5.74, 6) is -0.821. The first kappa shape index (κ1) is 16.4. The van der Waals surface area contributed by atoms with Gasteiger partial charge in [0.2, 0.25) is 6.10 Å². The van der Waals surface area contributed by atoms with Crippen molar-refractivity contribution >= 4 is 12.0 Å². The Labute approximate surface area is 126 Å². The molecule has 6 heteroatoms. The number of benzene rings is 1. The molecular weight excluding hydrogens is 297 g/mol. The predicted molar refractivity (Wildman–Crippen MR) is 75.6 cm³/mol. The van der Waals surface area contributed by atoms with Crippen LogP contribution in [0.2, 0.25) is 0 Å². The Morgan fingerprint density at radius 1 is 1.32 bits per heavy atom. The maximum Gasteiger partial charge on any atom is 0.430 e. The fraction of sp³-hybridized carbons (Fsp3) is 0.438. The van der Waals surface area contributed by atoms with Gasteiger partial charge in [-0.15, -0.1) is 0 Å². The lowest BCUT2D eigenvalue weighted by Crippen LogP contribution is -2.41. The first-order chi connectivity index (χ1) is 10.3. The molecule has 3 nitrogen and oxygen atoms in total. The zero-order valence-corrected chi connectivity index (χ0v) is 12.6. The number of hydrogen-bond acceptors (Lipinski definition) is 3. The molecule has 1 heterocycles. The third-order valence-electron chi connectivity index (χ3n) is 3.36. The van der Waals surface area contributed by atoms with Crippen LogP contribution < -0.4 is 4.74 Å². The Bertz CT molecular complexity index is 618. The molecule has 1 aromatic rings. The standard InChI is InChI=1S/C16H17F3O3/c1-4-10-6-9(3)7-11-8-12(15(20)21-5-2)14(16(17,18)19)22-13(10)11/h6-8,14H,4-5H2,1-3H3. The SMILES string of the molecule is CCOC(=O)C1=Cc2cc(C)cc(CC)c2OC1C(F)(F)F. The van der Waals surface area contributed by atoms with Crippen molar-refractivity contribution in [2.24, 2.45) is 0 Å². The number of carbonyl (C=O) groups excluding carboxylic acids is 1. The number of fused-ring (bicyclic) bond motifs is 1. The minimum absolute atomic E-state index is 0.00162. The van der Waals surface area contributed by atoms with Crippen LogP contribution in [0.3, 0.4) is 0 Å². The Hall–Kier alpha value is -1.98. The third-order valence-corrected chi connectivity index (χ3v) is 3.36. The van der Waals surface area contributed by atoms with Crippen LogP contribution in [0, 0.1) is 6.92 Å². The van der Waals surface area contributed by atoms with E-state index in [-0.39, 0.29) is 12.4 Å². The van der Waals surface area contributed by atoms with E-state index in [4.69, 9.17) is 9.47 Å². The molecule has 1 atom stereocenters. The van der Waals surface area contributed by atoms with Gasteiger partial charge < -0.3 is 9.47 Å². The number of hydrogen-bond donors (Lipinski definition) is 0. The highest BCUT2D eigenvalue weighted by Gasteiger charge is 2.49. The summed E-state index contributed by atoms with van der Waals surface area (Å²) in [5, 5.41) is 0. The van der Waals surface area contributed by atoms with Crippen LogP contribution in [0.5, 0.6) is 5.75 Å². The average molecular weight is 314 g/mol. The molecule has 120 valence electrons. The molecule has 1 aromatic carbocycles. The van der Waals surface area contributed by atoms with Crippen LogP contribution in [-0.2, 0) is 16.0 Å². The van der Waals surface area contributed by atoms with E-state index in [2.05, 4.69) is 0 Å². The van der Waals surface area contributed by atoms with Crippen LogP contribution in [-0.4, -0.2) is 24.9 Å². The van der Waals surface area contributed by atoms with Crippen molar-refractivity contribution in [1.29, 1.82) is 0 Å². The summed E-state index contributed by atoms with van der Waals surface area (Å²) >= 11 is 0. The Morgan fingerprint density at radius 2 is 2.00 bits per heavy atom. The third kappa shape index (κ3) is 3.10. The van der Waals surface area contributed by atoms with Crippen molar-refractivity contribution < 1.29 is 27.4 Å². The smallest absolute Gasteiger partial charge is 0.430 e. The van der Waals surface area contributed by atoms with Crippen molar-refractivity contribution in [2.75, 3.05) is 6.61 Å². The summed E-state index contributed by atoms with van der Waals surface area (Å²) in [6.07, 6.45) is -5.23. The lowest BCUT2D eigenvalue weighted by atomic mass is 9.96. The second kappa shape index (κ2) is 6.02. The topological polar surface area (TPSA) is 35.5 Å². The average Bonchev–Trinajstić information content (AvgIpc) is 2.44. The molecule has 2 rings (SSSR count). The van der Waals surface area contributed by atoms with Gasteiger partial charge in [-0.3, -0.25) is 0 Å². The summed E-state index contributed by atoms with van der Waals surface area (Å²) in [5.41, 5.74) is 1.53. The van der Waals surface area contributed by atoms with Crippen molar-refractivity contribution in [3.8, 4) is 5.75 Å². The van der Waals surface area contributed by atoms with E-state index in [0.717, 1.165) is 5.56 Å². The van der Waals surface area contributed by atoms with Crippen molar-refractivity contribution in [3.05, 3.63) is 34.4 Å². The molecule has 0 amide bonds. The molecule has 0 N–H and O–H groups in total. The summed E-state index contributed by atoms with van der Waals surface area (Å²) in [4.78, 5) is 11.8. The summed E-state index contributed by atoms with van der Waals surface area (Å²) in [6, 6.07) is 3.48. The largest absolute Gasteiger partial charge is 0.475 e. The molecule has 1 unspecified atom stereocenters. The van der Waals surface area contributed by atoms with E-state index < -0.39 is 23.8 Å². The number of ether oxygens (including phenoxy) is 2. The van der Waals surface area contributed by atoms with Gasteiger partial charge in [0.25, 0.3) is 0 Å². The van der Waals surface area contributed by atoms with Crippen LogP contribution in [0.1, 0.15) is 30.5 Å². The lowest BCUT2D eigenvalue weighted by molar-refractivity contribution is -0.188. The summed E-state index contributed by atoms with van der Waals surface area (Å²) in [7, 11) is 0. The lowest BCUT2D eigenvalue weighted by Gasteiger charge is -2.29. The maximum absolute atomic E-state index is 13.2. The van der Waals surface area contributed by atoms with Crippen molar-refractivity contribution in [2.45, 2.75) is 39.5 Å². The number of rotatable bonds is 3. The van der Waals surface area contributed by atoms with Crippen molar-refractivity contribution in [3.63, 3.8) is 0 Å². The van der Waals surface area contributed by atoms with Crippen LogP contribution in [0.25, 0.3) is 6.08 Å². The van der Waals surface area contributed by atoms with Gasteiger partial charge in [-0.2, -0.15) is 13.2 Å². The second-order valence-corrected chi connectivity index (χ2v) is 5.06. The van der Waals surface area contributed by atoms with Gasteiger partial charge in [-0.1, -0.05) is 13.0 Å². The van der Waals surface area contributed by atoms with Crippen LogP contribution in [0.15, 0.2) is 17.7 Å². The van der Waals surface area contributed by atoms with E-state index in [0.29, 0.717) is 17.5 Å². The monoisotopic (exact) mass is 314 g/mol. The molecule has 0 aromatic heterocycles. The fourth-order valence-electron chi connectivity index (χ4n) is 2.44. The minimum Gasteiger partial charge on any atom is -0.475 e. The molecule has 0 saturated heterocycles. The van der Waals surface area contributed by atoms with E-state index in [9.17, 15) is 18.0 Å². The molecule has 1 aliphatic heterocycles. The van der Waals surface area contributed by atoms with Gasteiger partial charge in [0, 0.05) is 5.56 Å². The molecule has 0 fully saturated rings. The van der Waals surface area contributed by atoms with Crippen LogP contribution >= 0.6 is 0 Å². The quantitative estimate of drug-likeness (QED) is 0.796. The Balaban J connectivity index is 2.58. The van der Waals surface area contributed by atoms with E-state index in [1.165, 1.54) is 13.0 Å². The normalized spacial score (nSPS) is 17.4. The summed E-state index contributed by atoms with van der Waals surface area (Å²) < 4.78 is 49.6. The molecule has 0 saturated carbocycles. The molecular formula is C16H17F3O3. The van der Waals surface area contributed by atoms with Gasteiger partial charge in [0.15, 0.2) is 0 Å². The number of carbonyl (C=O) groups is 1. The molecule has 0 aliphatic carbocycles. The molecule has 1 aliphatic rings. The predicted octanol–water partition coefficient (Wildman–Crippen LogP) is 3.83. The Kier molecular flexibility index (Phi) is 4.49. The van der Waals surface area contributed by atoms with E-state index >= 15 is 0 Å². The van der Waals surface area contributed by atoms with Gasteiger partial charge in [0.05, 0.1) is 12.2 Å². The minimum atomic E-state index is -4.69. The zero-order valence-electron chi connectivity index (χ0n) is 12.6. The maximum atomic E-state index is 13.2. The highest BCUT2D eigenvalue weighted by Crippen LogP contribution is 2.40. The molecule has 0 spiro atoms. The zero-order chi connectivity index (χ0) is 16.5. The number of halogens is 3. The van der Waals surface area contributed by atoms with Gasteiger partial charge in [-0.25, -0.2) is 4.79 Å². The molecule has 0 bridgehead atoms. The van der Waals surface area contributed by atoms with Gasteiger partial charge in [0.1, 0.15) is 5.75 Å². The highest BCUT2D eigenvalue weighted by atomic mass is 19.4. The molecule has 22 heavy (non-hydrogen) atoms. The summed E-state index contributed by atoms with van der Waals surface area (Å²) in [6.45, 7) is 5.22. The van der Waals surface area contributed by atoms with E-state index in [1.54, 1.807) is 12.1 Å². The van der Waals surface area contributed by atoms with Crippen molar-refractivity contribution in [1.82, 2.24) is 0 Å². The number of aryl methyl sites for hydroxylation is 2. The number of alkyl halides is 3.